The van der Waals surface area contributed by atoms with E-state index in [4.69, 9.17) is 0 Å². The Morgan fingerprint density at radius 3 is 0.500 bits per heavy atom. The van der Waals surface area contributed by atoms with Gasteiger partial charge in [-0.3, -0.25) is 30.4 Å². The van der Waals surface area contributed by atoms with Gasteiger partial charge < -0.3 is 59.4 Å². The second-order valence-electron chi connectivity index (χ2n) is 9.47. The molecular weight excluding hydrogens is 970 g/mol. The summed E-state index contributed by atoms with van der Waals surface area (Å²) in [4.78, 5) is 0. The molecule has 0 amide bonds. The Hall–Kier alpha value is -1.97. The molecule has 0 bridgehead atoms. The summed E-state index contributed by atoms with van der Waals surface area (Å²) in [5.41, 5.74) is 3.22. The summed E-state index contributed by atoms with van der Waals surface area (Å²) >= 11 is 0. The molecule has 0 saturated heterocycles. The number of rotatable bonds is 0. The molecule has 0 atom stereocenters. The van der Waals surface area contributed by atoms with Crippen LogP contribution in [0, 0.1) is 111 Å². The van der Waals surface area contributed by atoms with Gasteiger partial charge in [-0.15, -0.1) is 68.5 Å². The Morgan fingerprint density at radius 1 is 0.293 bits per heavy atom. The molecule has 0 aliphatic heterocycles. The molecule has 4 heteroatoms. The van der Waals surface area contributed by atoms with Crippen molar-refractivity contribution in [1.29, 1.82) is 0 Å². The maximum Gasteiger partial charge on any atom is 4.00 e. The zero-order valence-corrected chi connectivity index (χ0v) is 45.9. The maximum absolute atomic E-state index is 3.72. The first-order valence-corrected chi connectivity index (χ1v) is 15.4. The second kappa shape index (κ2) is 72.6. The van der Waals surface area contributed by atoms with E-state index >= 15 is 0 Å². The van der Waals surface area contributed by atoms with Crippen molar-refractivity contribution >= 4 is 0 Å². The van der Waals surface area contributed by atoms with Crippen LogP contribution in [-0.2, 0) is 100 Å². The van der Waals surface area contributed by atoms with Crippen LogP contribution in [0.15, 0.2) is 182 Å². The van der Waals surface area contributed by atoms with Crippen molar-refractivity contribution in [3.8, 4) is 0 Å². The molecule has 3 aromatic carbocycles. The van der Waals surface area contributed by atoms with Crippen molar-refractivity contribution in [3.05, 3.63) is 309 Å². The molecule has 0 heterocycles. The van der Waals surface area contributed by atoms with Gasteiger partial charge in [-0.2, -0.15) is 104 Å². The van der Waals surface area contributed by atoms with Crippen LogP contribution in [0.25, 0.3) is 0 Å². The molecule has 5 aliphatic rings. The van der Waals surface area contributed by atoms with Crippen LogP contribution in [0.1, 0.15) is 48.8 Å². The van der Waals surface area contributed by atoms with E-state index in [1.807, 2.05) is 152 Å². The van der Waals surface area contributed by atoms with Crippen LogP contribution < -0.4 is 0 Å². The molecule has 302 valence electrons. The predicted molar refractivity (Wildman–Crippen MR) is 252 cm³/mol. The third-order valence-electron chi connectivity index (χ3n) is 5.46. The van der Waals surface area contributed by atoms with Gasteiger partial charge >= 0.3 is 100 Å². The largest absolute Gasteiger partial charge is 4.00 e. The zero-order chi connectivity index (χ0) is 33.0. The fraction of sp³-hybridized carbons (Fsp3) is 0.0926. The van der Waals surface area contributed by atoms with Crippen molar-refractivity contribution < 1.29 is 100 Å². The summed E-state index contributed by atoms with van der Waals surface area (Å²) in [6, 6.07) is 29.6. The molecule has 0 nitrogen and oxygen atoms in total. The predicted octanol–water partition coefficient (Wildman–Crippen LogP) is 15.7. The van der Waals surface area contributed by atoms with Gasteiger partial charge in [0, 0.05) is 0 Å². The average molecular weight is 1040 g/mol. The van der Waals surface area contributed by atoms with E-state index in [1.54, 1.807) is 0 Å². The summed E-state index contributed by atoms with van der Waals surface area (Å²) in [6.07, 6.45) is 50.0. The molecule has 0 spiro atoms. The number of benzene rings is 3. The molecule has 0 N–H and O–H groups in total. The van der Waals surface area contributed by atoms with E-state index in [2.05, 4.69) is 81.5 Å². The number of hydrogen-bond donors (Lipinski definition) is 0. The molecule has 0 aromatic heterocycles. The van der Waals surface area contributed by atoms with Crippen LogP contribution in [0.4, 0.5) is 0 Å². The molecule has 3 aromatic rings. The second-order valence-corrected chi connectivity index (χ2v) is 9.47. The summed E-state index contributed by atoms with van der Waals surface area (Å²) in [5, 5.41) is 0. The molecule has 0 saturated carbocycles. The molecule has 58 heavy (non-hydrogen) atoms. The first-order valence-electron chi connectivity index (χ1n) is 15.4. The first-order chi connectivity index (χ1) is 22.7. The van der Waals surface area contributed by atoms with Crippen LogP contribution in [0.3, 0.4) is 0 Å². The molecule has 8 rings (SSSR count). The standard InChI is InChI=1S/3C7H7.5C5H5.8CH3.Ti.3Zr/c3*1-7-5-3-2-4-6-7;5*1-2-4-5-3-1;;;;;;;;;;;;/h3*2-6H,1H2;5*1-3H,4H2;8*1H3;;;;/q16*-1;4*+4. The number of hydrogen-bond acceptors (Lipinski definition) is 0. The van der Waals surface area contributed by atoms with Gasteiger partial charge in [0.05, 0.1) is 0 Å². The Labute approximate surface area is 437 Å². The average Bonchev–Trinajstić information content (AvgIpc) is 3.97. The quantitative estimate of drug-likeness (QED) is 0.155. The van der Waals surface area contributed by atoms with Crippen molar-refractivity contribution in [2.24, 2.45) is 0 Å². The Kier molecular flexibility index (Phi) is 110. The summed E-state index contributed by atoms with van der Waals surface area (Å²) in [6.45, 7) is 11.2. The van der Waals surface area contributed by atoms with E-state index in [1.165, 1.54) is 0 Å². The minimum absolute atomic E-state index is 0. The molecule has 0 unspecified atom stereocenters. The smallest absolute Gasteiger partial charge is 0.358 e. The van der Waals surface area contributed by atoms with Crippen molar-refractivity contribution in [1.82, 2.24) is 0 Å². The van der Waals surface area contributed by atoms with Gasteiger partial charge in [-0.25, -0.2) is 60.8 Å². The SMILES string of the molecule is [C-]1=CC=CC1.[C-]1=CC=CC1.[C-]1=CC=CC1.[C-]1=CC=CC1.[C-]1=CC=CC1.[CH2-]c1ccccc1.[CH2-]c1ccccc1.[CH2-]c1ccccc1.[CH3-].[CH3-].[CH3-].[CH3-].[CH3-].[CH3-].[CH3-].[CH3-].[Ti+4].[Zr+4].[Zr+4].[Zr+4]. The van der Waals surface area contributed by atoms with Gasteiger partial charge in [0.15, 0.2) is 0 Å². The fourth-order valence-corrected chi connectivity index (χ4v) is 3.14. The van der Waals surface area contributed by atoms with Crippen molar-refractivity contribution in [2.75, 3.05) is 0 Å². The minimum Gasteiger partial charge on any atom is -0.358 e. The van der Waals surface area contributed by atoms with Crippen molar-refractivity contribution in [3.63, 3.8) is 0 Å². The molecule has 0 radical (unpaired) electrons. The van der Waals surface area contributed by atoms with Crippen molar-refractivity contribution in [2.45, 2.75) is 32.1 Å². The normalized spacial score (nSPS) is 10.7. The van der Waals surface area contributed by atoms with Gasteiger partial charge in [0.2, 0.25) is 0 Å². The zero-order valence-electron chi connectivity index (χ0n) is 37.0. The first kappa shape index (κ1) is 87.5. The van der Waals surface area contributed by atoms with Gasteiger partial charge in [0.1, 0.15) is 0 Å². The minimum atomic E-state index is 0. The molecule has 0 fully saturated rings. The van der Waals surface area contributed by atoms with E-state index in [0.717, 1.165) is 48.8 Å². The fourth-order valence-electron chi connectivity index (χ4n) is 3.14. The van der Waals surface area contributed by atoms with Crippen LogP contribution in [0.5, 0.6) is 0 Å². The Bertz CT molecular complexity index is 1140. The summed E-state index contributed by atoms with van der Waals surface area (Å²) in [5.74, 6) is 0. The van der Waals surface area contributed by atoms with Gasteiger partial charge in [-0.05, 0) is 0 Å². The number of allylic oxidation sites excluding steroid dienone is 20. The summed E-state index contributed by atoms with van der Waals surface area (Å²) < 4.78 is 0. The third kappa shape index (κ3) is 68.7. The Morgan fingerprint density at radius 2 is 0.448 bits per heavy atom. The Balaban J connectivity index is -0.0000000406. The molecular formula is C54H70TiZr3. The van der Waals surface area contributed by atoms with Crippen LogP contribution in [-0.4, -0.2) is 0 Å². The van der Waals surface area contributed by atoms with Gasteiger partial charge in [-0.1, -0.05) is 18.2 Å². The third-order valence-corrected chi connectivity index (χ3v) is 5.46. The van der Waals surface area contributed by atoms with E-state index < -0.39 is 0 Å². The monoisotopic (exact) mass is 1040 g/mol. The van der Waals surface area contributed by atoms with Crippen LogP contribution >= 0.6 is 0 Å². The van der Waals surface area contributed by atoms with Gasteiger partial charge in [0.25, 0.3) is 0 Å². The van der Waals surface area contributed by atoms with E-state index in [9.17, 15) is 0 Å². The topological polar surface area (TPSA) is 0 Å². The summed E-state index contributed by atoms with van der Waals surface area (Å²) in [7, 11) is 0. The maximum atomic E-state index is 3.72. The molecule has 5 aliphatic carbocycles. The van der Waals surface area contributed by atoms with Crippen LogP contribution in [0.2, 0.25) is 0 Å². The van der Waals surface area contributed by atoms with E-state index in [0.29, 0.717) is 0 Å². The van der Waals surface area contributed by atoms with E-state index in [-0.39, 0.29) is 160 Å².